The van der Waals surface area contributed by atoms with Crippen LogP contribution < -0.4 is 0 Å². The molecule has 0 radical (unpaired) electrons. The lowest BCUT2D eigenvalue weighted by atomic mass is 9.76. The van der Waals surface area contributed by atoms with Crippen LogP contribution in [0.3, 0.4) is 0 Å². The van der Waals surface area contributed by atoms with E-state index in [4.69, 9.17) is 9.15 Å². The summed E-state index contributed by atoms with van der Waals surface area (Å²) in [5.41, 5.74) is 1.31. The molecule has 0 aliphatic heterocycles. The van der Waals surface area contributed by atoms with Gasteiger partial charge in [-0.15, -0.1) is 0 Å². The molecular weight excluding hydrogens is 242 g/mol. The summed E-state index contributed by atoms with van der Waals surface area (Å²) in [6.07, 6.45) is 3.80. The molecule has 3 rings (SSSR count). The van der Waals surface area contributed by atoms with E-state index in [1.54, 1.807) is 7.11 Å². The van der Waals surface area contributed by atoms with Crippen LogP contribution in [-0.2, 0) is 16.0 Å². The summed E-state index contributed by atoms with van der Waals surface area (Å²) < 4.78 is 11.0. The highest BCUT2D eigenvalue weighted by Gasteiger charge is 2.38. The van der Waals surface area contributed by atoms with Crippen molar-refractivity contribution in [3.63, 3.8) is 0 Å². The number of ether oxygens (including phenoxy) is 1. The number of hydrogen-bond donors (Lipinski definition) is 0. The second-order valence-electron chi connectivity index (χ2n) is 5.21. The van der Waals surface area contributed by atoms with Crippen molar-refractivity contribution in [1.82, 2.24) is 4.98 Å². The molecule has 0 spiro atoms. The van der Waals surface area contributed by atoms with E-state index in [0.717, 1.165) is 30.4 Å². The van der Waals surface area contributed by atoms with Crippen LogP contribution in [0, 0.1) is 0 Å². The normalized spacial score (nSPS) is 17.3. The zero-order valence-electron chi connectivity index (χ0n) is 11.0. The van der Waals surface area contributed by atoms with Gasteiger partial charge in [-0.2, -0.15) is 0 Å². The molecule has 2 aromatic rings. The molecule has 0 N–H and O–H groups in total. The summed E-state index contributed by atoms with van der Waals surface area (Å²) >= 11 is 0. The number of nitrogens with zero attached hydrogens (tertiary/aromatic N) is 1. The van der Waals surface area contributed by atoms with Gasteiger partial charge in [0.05, 0.1) is 12.0 Å². The summed E-state index contributed by atoms with van der Waals surface area (Å²) in [7, 11) is 1.69. The van der Waals surface area contributed by atoms with Crippen LogP contribution in [0.5, 0.6) is 0 Å². The van der Waals surface area contributed by atoms with Crippen LogP contribution in [0.15, 0.2) is 28.7 Å². The van der Waals surface area contributed by atoms with Crippen molar-refractivity contribution in [2.45, 2.75) is 37.7 Å². The lowest BCUT2D eigenvalue weighted by Crippen LogP contribution is -2.41. The number of methoxy groups -OCH3 is 1. The molecule has 0 bridgehead atoms. The topological polar surface area (TPSA) is 52.3 Å². The molecule has 1 aromatic carbocycles. The van der Waals surface area contributed by atoms with E-state index in [9.17, 15) is 4.79 Å². The molecule has 0 atom stereocenters. The van der Waals surface area contributed by atoms with Crippen molar-refractivity contribution >= 4 is 16.9 Å². The summed E-state index contributed by atoms with van der Waals surface area (Å²) in [6.45, 7) is 0. The quantitative estimate of drug-likeness (QED) is 0.828. The standard InChI is InChI=1S/C15H17NO3/c1-18-15(7-4-8-15)10-11(17)9-14-16-12-5-2-3-6-13(12)19-14/h2-3,5-6H,4,7-10H2,1H3. The van der Waals surface area contributed by atoms with Crippen molar-refractivity contribution in [2.75, 3.05) is 7.11 Å². The SMILES string of the molecule is COC1(CC(=O)Cc2nc3ccccc3o2)CCC1. The zero-order valence-corrected chi connectivity index (χ0v) is 11.0. The fourth-order valence-electron chi connectivity index (χ4n) is 2.61. The van der Waals surface area contributed by atoms with E-state index >= 15 is 0 Å². The van der Waals surface area contributed by atoms with Gasteiger partial charge in [0.1, 0.15) is 11.3 Å². The molecular formula is C15H17NO3. The Bertz CT molecular complexity index is 560. The molecule has 4 nitrogen and oxygen atoms in total. The van der Waals surface area contributed by atoms with Crippen molar-refractivity contribution < 1.29 is 13.9 Å². The molecule has 4 heteroatoms. The Balaban J connectivity index is 1.69. The molecule has 1 aromatic heterocycles. The summed E-state index contributed by atoms with van der Waals surface area (Å²) in [6, 6.07) is 7.55. The van der Waals surface area contributed by atoms with E-state index in [2.05, 4.69) is 4.98 Å². The minimum absolute atomic E-state index is 0.133. The van der Waals surface area contributed by atoms with Gasteiger partial charge in [-0.3, -0.25) is 4.79 Å². The van der Waals surface area contributed by atoms with Crippen molar-refractivity contribution in [1.29, 1.82) is 0 Å². The average Bonchev–Trinajstić information content (AvgIpc) is 2.75. The average molecular weight is 259 g/mol. The number of carbonyl (C=O) groups excluding carboxylic acids is 1. The second kappa shape index (κ2) is 4.78. The Kier molecular flexibility index (Phi) is 3.11. The van der Waals surface area contributed by atoms with Gasteiger partial charge in [-0.05, 0) is 31.4 Å². The number of hydrogen-bond acceptors (Lipinski definition) is 4. The summed E-state index contributed by atoms with van der Waals surface area (Å²) in [5.74, 6) is 0.630. The largest absolute Gasteiger partial charge is 0.440 e. The maximum atomic E-state index is 12.1. The highest BCUT2D eigenvalue weighted by Crippen LogP contribution is 2.38. The van der Waals surface area contributed by atoms with Crippen molar-refractivity contribution in [2.24, 2.45) is 0 Å². The lowest BCUT2D eigenvalue weighted by Gasteiger charge is -2.39. The number of Topliss-reactive ketones (excluding diaryl/α,β-unsaturated/α-hetero) is 1. The monoisotopic (exact) mass is 259 g/mol. The van der Waals surface area contributed by atoms with Crippen LogP contribution in [0.2, 0.25) is 0 Å². The van der Waals surface area contributed by atoms with E-state index < -0.39 is 0 Å². The fourth-order valence-corrected chi connectivity index (χ4v) is 2.61. The zero-order chi connectivity index (χ0) is 13.3. The Labute approximate surface area is 111 Å². The third kappa shape index (κ3) is 2.40. The smallest absolute Gasteiger partial charge is 0.202 e. The summed E-state index contributed by atoms with van der Waals surface area (Å²) in [5, 5.41) is 0. The molecule has 19 heavy (non-hydrogen) atoms. The number of carbonyl (C=O) groups is 1. The Morgan fingerprint density at radius 3 is 2.84 bits per heavy atom. The van der Waals surface area contributed by atoms with Gasteiger partial charge in [-0.1, -0.05) is 12.1 Å². The van der Waals surface area contributed by atoms with E-state index in [0.29, 0.717) is 12.3 Å². The van der Waals surface area contributed by atoms with Crippen LogP contribution >= 0.6 is 0 Å². The number of benzene rings is 1. The molecule has 1 saturated carbocycles. The third-order valence-corrected chi connectivity index (χ3v) is 3.90. The first-order chi connectivity index (χ1) is 9.21. The maximum absolute atomic E-state index is 12.1. The fraction of sp³-hybridized carbons (Fsp3) is 0.467. The number of fused-ring (bicyclic) bond motifs is 1. The molecule has 1 aliphatic rings. The maximum Gasteiger partial charge on any atom is 0.202 e. The predicted molar refractivity (Wildman–Crippen MR) is 70.9 cm³/mol. The van der Waals surface area contributed by atoms with E-state index in [-0.39, 0.29) is 17.8 Å². The number of oxazole rings is 1. The first-order valence-electron chi connectivity index (χ1n) is 6.62. The molecule has 1 heterocycles. The van der Waals surface area contributed by atoms with Crippen molar-refractivity contribution in [3.05, 3.63) is 30.2 Å². The Morgan fingerprint density at radius 1 is 1.42 bits per heavy atom. The predicted octanol–water partition coefficient (Wildman–Crippen LogP) is 2.90. The second-order valence-corrected chi connectivity index (χ2v) is 5.21. The highest BCUT2D eigenvalue weighted by atomic mass is 16.5. The Morgan fingerprint density at radius 2 is 2.21 bits per heavy atom. The minimum Gasteiger partial charge on any atom is -0.440 e. The Hall–Kier alpha value is -1.68. The number of ketones is 1. The molecule has 1 aliphatic carbocycles. The van der Waals surface area contributed by atoms with Gasteiger partial charge in [0.2, 0.25) is 5.89 Å². The van der Waals surface area contributed by atoms with Crippen LogP contribution in [-0.4, -0.2) is 23.5 Å². The molecule has 100 valence electrons. The molecule has 1 fully saturated rings. The van der Waals surface area contributed by atoms with Crippen LogP contribution in [0.4, 0.5) is 0 Å². The lowest BCUT2D eigenvalue weighted by molar-refractivity contribution is -0.131. The number of aromatic nitrogens is 1. The minimum atomic E-state index is -0.219. The van der Waals surface area contributed by atoms with Crippen molar-refractivity contribution in [3.8, 4) is 0 Å². The van der Waals surface area contributed by atoms with Gasteiger partial charge >= 0.3 is 0 Å². The van der Waals surface area contributed by atoms with E-state index in [1.165, 1.54) is 0 Å². The van der Waals surface area contributed by atoms with Gasteiger partial charge in [-0.25, -0.2) is 4.98 Å². The summed E-state index contributed by atoms with van der Waals surface area (Å²) in [4.78, 5) is 16.4. The van der Waals surface area contributed by atoms with E-state index in [1.807, 2.05) is 24.3 Å². The van der Waals surface area contributed by atoms with Crippen LogP contribution in [0.1, 0.15) is 31.6 Å². The first-order valence-corrected chi connectivity index (χ1v) is 6.62. The third-order valence-electron chi connectivity index (χ3n) is 3.90. The van der Waals surface area contributed by atoms with Gasteiger partial charge < -0.3 is 9.15 Å². The van der Waals surface area contributed by atoms with Gasteiger partial charge in [0.25, 0.3) is 0 Å². The molecule has 0 amide bonds. The highest BCUT2D eigenvalue weighted by molar-refractivity contribution is 5.82. The number of para-hydroxylation sites is 2. The van der Waals surface area contributed by atoms with Gasteiger partial charge in [0.15, 0.2) is 5.58 Å². The number of rotatable bonds is 5. The molecule has 0 saturated heterocycles. The van der Waals surface area contributed by atoms with Gasteiger partial charge in [0, 0.05) is 13.5 Å². The first kappa shape index (κ1) is 12.4. The van der Waals surface area contributed by atoms with Crippen LogP contribution in [0.25, 0.3) is 11.1 Å². The molecule has 0 unspecified atom stereocenters.